The van der Waals surface area contributed by atoms with Gasteiger partial charge in [-0.3, -0.25) is 13.8 Å². The van der Waals surface area contributed by atoms with Crippen molar-refractivity contribution in [2.45, 2.75) is 73.1 Å². The van der Waals surface area contributed by atoms with E-state index in [2.05, 4.69) is 284 Å². The van der Waals surface area contributed by atoms with E-state index in [-0.39, 0.29) is 10.8 Å². The molecule has 6 aromatic heterocycles. The summed E-state index contributed by atoms with van der Waals surface area (Å²) < 4.78 is 6.95. The van der Waals surface area contributed by atoms with Gasteiger partial charge in [-0.05, 0) is 165 Å². The molecular formula is C78H63N7S. The van der Waals surface area contributed by atoms with Gasteiger partial charge >= 0.3 is 0 Å². The average Bonchev–Trinajstić information content (AvgIpc) is 1.95. The minimum Gasteiger partial charge on any atom is -0.287 e. The molecule has 0 saturated carbocycles. The maximum absolute atomic E-state index is 5.38. The number of hydrogen-bond donors (Lipinski definition) is 0. The Hall–Kier alpha value is -9.89. The van der Waals surface area contributed by atoms with Crippen LogP contribution in [0, 0.1) is 20.8 Å². The minimum absolute atomic E-state index is 0.207. The number of thiophene rings is 1. The summed E-state index contributed by atoms with van der Waals surface area (Å²) in [6.07, 6.45) is 6.25. The van der Waals surface area contributed by atoms with E-state index in [1.807, 2.05) is 17.5 Å². The van der Waals surface area contributed by atoms with Crippen molar-refractivity contribution >= 4 is 64.6 Å². The summed E-state index contributed by atoms with van der Waals surface area (Å²) in [7, 11) is 0. The molecular weight excluding hydrogens is 1070 g/mol. The van der Waals surface area contributed by atoms with Gasteiger partial charge in [0.1, 0.15) is 22.9 Å². The number of aromatic nitrogens is 7. The molecule has 0 radical (unpaired) electrons. The summed E-state index contributed by atoms with van der Waals surface area (Å²) in [6.45, 7) is 19.6. The van der Waals surface area contributed by atoms with E-state index in [1.54, 1.807) is 0 Å². The number of rotatable bonds is 8. The highest BCUT2D eigenvalue weighted by Gasteiger charge is 2.25. The van der Waals surface area contributed by atoms with Crippen LogP contribution in [0.15, 0.2) is 219 Å². The van der Waals surface area contributed by atoms with Crippen LogP contribution in [0.4, 0.5) is 0 Å². The summed E-state index contributed by atoms with van der Waals surface area (Å²) in [5, 5.41) is 4.67. The monoisotopic (exact) mass is 1130 g/mol. The van der Waals surface area contributed by atoms with Gasteiger partial charge in [0.2, 0.25) is 0 Å². The minimum atomic E-state index is -0.207. The fourth-order valence-corrected chi connectivity index (χ4v) is 14.0. The quantitative estimate of drug-likeness (QED) is 0.152. The number of pyridine rings is 1. The third-order valence-electron chi connectivity index (χ3n) is 16.9. The van der Waals surface area contributed by atoms with Gasteiger partial charge in [-0.2, -0.15) is 0 Å². The molecule has 0 unspecified atom stereocenters. The lowest BCUT2D eigenvalue weighted by molar-refractivity contribution is 0.539. The first-order chi connectivity index (χ1) is 41.6. The number of imidazole rings is 2. The van der Waals surface area contributed by atoms with Crippen molar-refractivity contribution in [1.29, 1.82) is 0 Å². The Kier molecular flexibility index (Phi) is 12.4. The number of aryl methyl sites for hydroxylation is 3. The average molecular weight is 1130 g/mol. The molecule has 0 spiro atoms. The van der Waals surface area contributed by atoms with Gasteiger partial charge < -0.3 is 0 Å². The van der Waals surface area contributed by atoms with Crippen LogP contribution in [-0.2, 0) is 10.8 Å². The molecule has 8 heteroatoms. The van der Waals surface area contributed by atoms with Gasteiger partial charge in [-0.1, -0.05) is 175 Å². The highest BCUT2D eigenvalue weighted by molar-refractivity contribution is 7.25. The Balaban J connectivity index is 0.868. The smallest absolute Gasteiger partial charge is 0.147 e. The summed E-state index contributed by atoms with van der Waals surface area (Å²) in [5.74, 6) is 1.96. The molecule has 9 aromatic carbocycles. The zero-order valence-electron chi connectivity index (χ0n) is 49.8. The normalized spacial score (nSPS) is 12.2. The predicted molar refractivity (Wildman–Crippen MR) is 360 cm³/mol. The van der Waals surface area contributed by atoms with Crippen LogP contribution in [0.25, 0.3) is 142 Å². The zero-order chi connectivity index (χ0) is 58.8. The first-order valence-electron chi connectivity index (χ1n) is 29.6. The van der Waals surface area contributed by atoms with E-state index >= 15 is 0 Å². The Bertz CT molecular complexity index is 5040. The maximum atomic E-state index is 5.38. The molecule has 86 heavy (non-hydrogen) atoms. The second kappa shape index (κ2) is 20.1. The molecule has 15 rings (SSSR count). The fraction of sp³-hybridized carbons (Fsp3) is 0.141. The molecule has 0 fully saturated rings. The van der Waals surface area contributed by atoms with E-state index in [1.165, 1.54) is 36.9 Å². The van der Waals surface area contributed by atoms with Crippen LogP contribution in [0.5, 0.6) is 0 Å². The van der Waals surface area contributed by atoms with Gasteiger partial charge in [0.05, 0.1) is 28.1 Å². The summed E-state index contributed by atoms with van der Waals surface area (Å²) in [6, 6.07) is 73.6. The lowest BCUT2D eigenvalue weighted by atomic mass is 9.86. The molecule has 0 atom stereocenters. The second-order valence-electron chi connectivity index (χ2n) is 25.2. The standard InChI is InChI=1S/C78H63N7S/c1-46-26-27-52(39-67(46)51-28-32-64-63-24-16-17-25-71(63)86-72(64)42-51)68-35-31-53(43-79-68)59-20-12-15-23-62(59)56-37-54(60-21-13-10-18-57(60)49-29-33-65-69(40-49)82-75(77(4,5)6)84-44-47(2)80-73(65)84)36-55(38-56)61-22-14-11-19-58(61)50-30-34-66-70(41-50)83-76(78(7,8)9)85-45-48(3)81-74(66)85/h10-45H,1-9H3. The number of nitrogens with zero attached hydrogens (tertiary/aromatic N) is 7. The Labute approximate surface area is 505 Å². The van der Waals surface area contributed by atoms with Crippen molar-refractivity contribution in [2.75, 3.05) is 0 Å². The van der Waals surface area contributed by atoms with Crippen LogP contribution in [0.3, 0.4) is 0 Å². The highest BCUT2D eigenvalue weighted by atomic mass is 32.1. The molecule has 416 valence electrons. The Morgan fingerprint density at radius 3 is 1.24 bits per heavy atom. The van der Waals surface area contributed by atoms with E-state index in [4.69, 9.17) is 24.9 Å². The zero-order valence-corrected chi connectivity index (χ0v) is 50.6. The number of benzene rings is 9. The van der Waals surface area contributed by atoms with Crippen molar-refractivity contribution in [3.63, 3.8) is 0 Å². The van der Waals surface area contributed by atoms with E-state index in [0.717, 1.165) is 134 Å². The molecule has 0 aliphatic carbocycles. The van der Waals surface area contributed by atoms with Crippen LogP contribution in [0.2, 0.25) is 0 Å². The topological polar surface area (TPSA) is 73.3 Å². The summed E-state index contributed by atoms with van der Waals surface area (Å²) in [5.41, 5.74) is 24.1. The van der Waals surface area contributed by atoms with Crippen LogP contribution in [0.1, 0.15) is 70.1 Å². The van der Waals surface area contributed by atoms with E-state index < -0.39 is 0 Å². The largest absolute Gasteiger partial charge is 0.287 e. The third-order valence-corrected chi connectivity index (χ3v) is 18.1. The predicted octanol–water partition coefficient (Wildman–Crippen LogP) is 20.7. The van der Waals surface area contributed by atoms with Crippen molar-refractivity contribution < 1.29 is 0 Å². The van der Waals surface area contributed by atoms with Gasteiger partial charge in [-0.15, -0.1) is 11.3 Å². The van der Waals surface area contributed by atoms with Crippen molar-refractivity contribution in [3.05, 3.63) is 247 Å². The molecule has 6 heterocycles. The molecule has 0 saturated heterocycles. The van der Waals surface area contributed by atoms with Gasteiger partial charge in [0.15, 0.2) is 0 Å². The van der Waals surface area contributed by atoms with Gasteiger partial charge in [0.25, 0.3) is 0 Å². The van der Waals surface area contributed by atoms with Crippen LogP contribution < -0.4 is 0 Å². The maximum Gasteiger partial charge on any atom is 0.147 e. The molecule has 0 aliphatic heterocycles. The fourth-order valence-electron chi connectivity index (χ4n) is 12.8. The lowest BCUT2D eigenvalue weighted by Gasteiger charge is -2.21. The molecule has 0 aliphatic rings. The van der Waals surface area contributed by atoms with Crippen molar-refractivity contribution in [2.24, 2.45) is 0 Å². The SMILES string of the molecule is Cc1cn2c(C(C)(C)C)nc3cc(-c4ccccc4-c4cc(-c5ccccc5-c5ccc(-c6ccc(C)c(-c7ccc8c(c7)sc7ccccc78)c6)nc5)cc(-c5ccccc5-c5ccc6c(c5)nc(C(C)(C)C)n5cc(C)nc65)c4)ccc3c2n1. The molecule has 0 amide bonds. The van der Waals surface area contributed by atoms with Crippen LogP contribution in [-0.4, -0.2) is 33.7 Å². The third kappa shape index (κ3) is 9.15. The highest BCUT2D eigenvalue weighted by Crippen LogP contribution is 2.45. The van der Waals surface area contributed by atoms with E-state index in [9.17, 15) is 0 Å². The molecule has 15 aromatic rings. The molecule has 0 bridgehead atoms. The molecule has 7 nitrogen and oxygen atoms in total. The number of hydrogen-bond acceptors (Lipinski definition) is 6. The summed E-state index contributed by atoms with van der Waals surface area (Å²) >= 11 is 1.86. The number of fused-ring (bicyclic) bond motifs is 9. The molecule has 0 N–H and O–H groups in total. The Morgan fingerprint density at radius 2 is 0.756 bits per heavy atom. The van der Waals surface area contributed by atoms with Crippen molar-refractivity contribution in [3.8, 4) is 89.1 Å². The lowest BCUT2D eigenvalue weighted by Crippen LogP contribution is -2.18. The van der Waals surface area contributed by atoms with Gasteiger partial charge in [0, 0.05) is 71.5 Å². The first-order valence-corrected chi connectivity index (χ1v) is 30.4. The van der Waals surface area contributed by atoms with E-state index in [0.29, 0.717) is 0 Å². The van der Waals surface area contributed by atoms with Crippen LogP contribution >= 0.6 is 11.3 Å². The first kappa shape index (κ1) is 52.9. The summed E-state index contributed by atoms with van der Waals surface area (Å²) in [4.78, 5) is 26.0. The van der Waals surface area contributed by atoms with Gasteiger partial charge in [-0.25, -0.2) is 19.9 Å². The Morgan fingerprint density at radius 1 is 0.337 bits per heavy atom. The second-order valence-corrected chi connectivity index (χ2v) is 26.3. The van der Waals surface area contributed by atoms with Crippen molar-refractivity contribution in [1.82, 2.24) is 33.7 Å².